The fraction of sp³-hybridized carbons (Fsp3) is 0.500. The quantitative estimate of drug-likeness (QED) is 0.613. The molecule has 1 aromatic rings. The maximum absolute atomic E-state index is 12.2. The number of hydrogen-bond acceptors (Lipinski definition) is 5. The number of benzene rings is 1. The Morgan fingerprint density at radius 2 is 1.77 bits per heavy atom. The van der Waals surface area contributed by atoms with Crippen molar-refractivity contribution in [2.24, 2.45) is 5.73 Å². The first kappa shape index (κ1) is 18.1. The summed E-state index contributed by atoms with van der Waals surface area (Å²) in [5, 5.41) is 9.36. The van der Waals surface area contributed by atoms with E-state index in [1.54, 1.807) is 20.8 Å². The summed E-state index contributed by atoms with van der Waals surface area (Å²) in [4.78, 5) is 23.7. The van der Waals surface area contributed by atoms with Crippen molar-refractivity contribution in [3.8, 4) is 0 Å². The zero-order valence-corrected chi connectivity index (χ0v) is 13.3. The average Bonchev–Trinajstić information content (AvgIpc) is 2.42. The molecule has 0 amide bonds. The molecule has 0 unspecified atom stereocenters. The molecule has 122 valence electrons. The van der Waals surface area contributed by atoms with E-state index >= 15 is 0 Å². The van der Waals surface area contributed by atoms with Crippen LogP contribution in [0, 0.1) is 0 Å². The van der Waals surface area contributed by atoms with Gasteiger partial charge < -0.3 is 20.3 Å². The number of ether oxygens (including phenoxy) is 2. The lowest BCUT2D eigenvalue weighted by Gasteiger charge is -2.32. The van der Waals surface area contributed by atoms with Gasteiger partial charge in [-0.25, -0.2) is 9.59 Å². The monoisotopic (exact) mass is 309 g/mol. The van der Waals surface area contributed by atoms with Crippen LogP contribution in [0.15, 0.2) is 30.3 Å². The van der Waals surface area contributed by atoms with Crippen LogP contribution in [0.5, 0.6) is 0 Å². The Hall–Kier alpha value is -1.92. The molecular weight excluding hydrogens is 286 g/mol. The van der Waals surface area contributed by atoms with Gasteiger partial charge in [0.05, 0.1) is 12.7 Å². The second-order valence-electron chi connectivity index (χ2n) is 6.11. The van der Waals surface area contributed by atoms with Crippen LogP contribution in [-0.2, 0) is 25.7 Å². The highest BCUT2D eigenvalue weighted by Crippen LogP contribution is 2.19. The van der Waals surface area contributed by atoms with Crippen LogP contribution in [0.1, 0.15) is 33.3 Å². The minimum absolute atomic E-state index is 0.150. The summed E-state index contributed by atoms with van der Waals surface area (Å²) in [5.74, 6) is -2.50. The largest absolute Gasteiger partial charge is 0.479 e. The number of aliphatic carboxylic acids is 1. The van der Waals surface area contributed by atoms with Gasteiger partial charge in [0.25, 0.3) is 0 Å². The molecule has 0 bridgehead atoms. The third kappa shape index (κ3) is 4.54. The van der Waals surface area contributed by atoms with Gasteiger partial charge in [0.1, 0.15) is 5.60 Å². The topological polar surface area (TPSA) is 98.9 Å². The Labute approximate surface area is 130 Å². The number of esters is 1. The van der Waals surface area contributed by atoms with Crippen molar-refractivity contribution in [2.45, 2.75) is 51.5 Å². The molecule has 0 aliphatic carbocycles. The van der Waals surface area contributed by atoms with Crippen molar-refractivity contribution in [3.05, 3.63) is 35.9 Å². The van der Waals surface area contributed by atoms with Crippen molar-refractivity contribution in [2.75, 3.05) is 0 Å². The van der Waals surface area contributed by atoms with E-state index in [1.165, 1.54) is 6.92 Å². The zero-order valence-electron chi connectivity index (χ0n) is 13.3. The van der Waals surface area contributed by atoms with Crippen LogP contribution in [0.4, 0.5) is 0 Å². The molecule has 0 saturated carbocycles. The third-order valence-electron chi connectivity index (χ3n) is 3.07. The number of rotatable bonds is 6. The number of carboxylic acid groups (broad SMARTS) is 1. The highest BCUT2D eigenvalue weighted by molar-refractivity contribution is 6.04. The minimum atomic E-state index is -2.26. The van der Waals surface area contributed by atoms with Gasteiger partial charge >= 0.3 is 11.9 Å². The summed E-state index contributed by atoms with van der Waals surface area (Å²) < 4.78 is 10.6. The normalized spacial score (nSPS) is 15.7. The molecule has 6 heteroatoms. The van der Waals surface area contributed by atoms with Gasteiger partial charge in [0.15, 0.2) is 0 Å². The molecule has 0 heterocycles. The van der Waals surface area contributed by atoms with Crippen LogP contribution >= 0.6 is 0 Å². The van der Waals surface area contributed by atoms with Gasteiger partial charge in [0, 0.05) is 0 Å². The molecular formula is C16H23NO5. The van der Waals surface area contributed by atoms with Crippen molar-refractivity contribution in [1.29, 1.82) is 0 Å². The lowest BCUT2D eigenvalue weighted by molar-refractivity contribution is -0.177. The van der Waals surface area contributed by atoms with E-state index in [1.807, 2.05) is 30.3 Å². The van der Waals surface area contributed by atoms with Gasteiger partial charge in [0.2, 0.25) is 5.54 Å². The van der Waals surface area contributed by atoms with Gasteiger partial charge in [-0.1, -0.05) is 30.3 Å². The number of nitrogens with two attached hydrogens (primary N) is 1. The van der Waals surface area contributed by atoms with Crippen molar-refractivity contribution in [1.82, 2.24) is 0 Å². The second-order valence-corrected chi connectivity index (χ2v) is 6.11. The summed E-state index contributed by atoms with van der Waals surface area (Å²) in [6, 6.07) is 9.20. The fourth-order valence-electron chi connectivity index (χ4n) is 1.72. The molecule has 1 aromatic carbocycles. The molecule has 0 fully saturated rings. The van der Waals surface area contributed by atoms with Crippen LogP contribution in [0.25, 0.3) is 0 Å². The summed E-state index contributed by atoms with van der Waals surface area (Å²) in [7, 11) is 0. The summed E-state index contributed by atoms with van der Waals surface area (Å²) in [6.45, 7) is 6.52. The smallest absolute Gasteiger partial charge is 0.341 e. The van der Waals surface area contributed by atoms with E-state index < -0.39 is 29.2 Å². The Morgan fingerprint density at radius 3 is 2.23 bits per heavy atom. The minimum Gasteiger partial charge on any atom is -0.479 e. The first-order chi connectivity index (χ1) is 10.1. The Bertz CT molecular complexity index is 523. The number of carbonyl (C=O) groups is 2. The highest BCUT2D eigenvalue weighted by atomic mass is 16.6. The van der Waals surface area contributed by atoms with E-state index in [2.05, 4.69) is 0 Å². The van der Waals surface area contributed by atoms with E-state index in [9.17, 15) is 14.7 Å². The zero-order chi connectivity index (χ0) is 17.0. The van der Waals surface area contributed by atoms with E-state index in [0.717, 1.165) is 5.56 Å². The van der Waals surface area contributed by atoms with Gasteiger partial charge in [-0.3, -0.25) is 0 Å². The van der Waals surface area contributed by atoms with E-state index in [-0.39, 0.29) is 6.61 Å². The van der Waals surface area contributed by atoms with Crippen LogP contribution < -0.4 is 5.73 Å². The molecule has 0 aliphatic heterocycles. The average molecular weight is 309 g/mol. The standard InChI is InChI=1S/C16H23NO5/c1-11(21-10-12-8-6-5-7-9-12)16(17,13(18)19)14(20)22-15(2,3)4/h5-9,11H,10,17H2,1-4H3,(H,18,19)/t11-,16+/m1/s1. The van der Waals surface area contributed by atoms with Crippen LogP contribution in [0.2, 0.25) is 0 Å². The van der Waals surface area contributed by atoms with Crippen LogP contribution in [0.3, 0.4) is 0 Å². The van der Waals surface area contributed by atoms with Crippen molar-refractivity contribution < 1.29 is 24.2 Å². The summed E-state index contributed by atoms with van der Waals surface area (Å²) in [5.41, 5.74) is 3.55. The number of carbonyl (C=O) groups excluding carboxylic acids is 1. The van der Waals surface area contributed by atoms with Crippen molar-refractivity contribution >= 4 is 11.9 Å². The summed E-state index contributed by atoms with van der Waals surface area (Å²) >= 11 is 0. The van der Waals surface area contributed by atoms with E-state index in [4.69, 9.17) is 15.2 Å². The van der Waals surface area contributed by atoms with Gasteiger partial charge in [-0.2, -0.15) is 0 Å². The molecule has 0 aromatic heterocycles. The van der Waals surface area contributed by atoms with Crippen molar-refractivity contribution in [3.63, 3.8) is 0 Å². The lowest BCUT2D eigenvalue weighted by atomic mass is 9.94. The molecule has 0 radical (unpaired) electrons. The Balaban J connectivity index is 2.84. The maximum Gasteiger partial charge on any atom is 0.341 e. The third-order valence-corrected chi connectivity index (χ3v) is 3.07. The maximum atomic E-state index is 12.2. The summed E-state index contributed by atoms with van der Waals surface area (Å²) in [6.07, 6.45) is -1.06. The fourth-order valence-corrected chi connectivity index (χ4v) is 1.72. The molecule has 1 rings (SSSR count). The number of hydrogen-bond donors (Lipinski definition) is 2. The molecule has 0 spiro atoms. The number of carboxylic acids is 1. The van der Waals surface area contributed by atoms with Gasteiger partial charge in [-0.15, -0.1) is 0 Å². The molecule has 3 N–H and O–H groups in total. The lowest BCUT2D eigenvalue weighted by Crippen LogP contribution is -2.64. The Morgan fingerprint density at radius 1 is 1.23 bits per heavy atom. The highest BCUT2D eigenvalue weighted by Gasteiger charge is 2.51. The molecule has 0 aliphatic rings. The first-order valence-electron chi connectivity index (χ1n) is 6.98. The Kier molecular flexibility index (Phi) is 5.68. The molecule has 2 atom stereocenters. The first-order valence-corrected chi connectivity index (χ1v) is 6.98. The van der Waals surface area contributed by atoms with Gasteiger partial charge in [-0.05, 0) is 33.3 Å². The van der Waals surface area contributed by atoms with Crippen LogP contribution in [-0.4, -0.2) is 34.3 Å². The SMILES string of the molecule is C[C@@H](OCc1ccccc1)[C@](N)(C(=O)O)C(=O)OC(C)(C)C. The predicted molar refractivity (Wildman–Crippen MR) is 81.1 cm³/mol. The molecule has 6 nitrogen and oxygen atoms in total. The second kappa shape index (κ2) is 6.89. The predicted octanol–water partition coefficient (Wildman–Crippen LogP) is 1.72. The van der Waals surface area contributed by atoms with E-state index in [0.29, 0.717) is 0 Å². The molecule has 22 heavy (non-hydrogen) atoms. The molecule has 0 saturated heterocycles.